The van der Waals surface area contributed by atoms with Crippen LogP contribution in [-0.2, 0) is 4.79 Å². The number of carbonyl (C=O) groups is 1. The van der Waals surface area contributed by atoms with Crippen LogP contribution in [0.2, 0.25) is 0 Å². The zero-order valence-corrected chi connectivity index (χ0v) is 13.5. The molecular formula is C22H19NO. The molecule has 2 aromatic rings. The molecule has 0 atom stereocenters. The molecule has 2 nitrogen and oxygen atoms in total. The highest BCUT2D eigenvalue weighted by Gasteiger charge is 2.25. The zero-order valence-electron chi connectivity index (χ0n) is 13.5. The van der Waals surface area contributed by atoms with Crippen LogP contribution in [-0.4, -0.2) is 30.3 Å². The average molecular weight is 313 g/mol. The molecule has 0 amide bonds. The number of Topliss-reactive ketones (excluding diaryl/α,β-unsaturated/α-hetero) is 1. The molecule has 0 spiro atoms. The van der Waals surface area contributed by atoms with Crippen molar-refractivity contribution < 1.29 is 4.79 Å². The van der Waals surface area contributed by atoms with Gasteiger partial charge in [0.25, 0.3) is 0 Å². The lowest BCUT2D eigenvalue weighted by atomic mass is 9.94. The van der Waals surface area contributed by atoms with Crippen molar-refractivity contribution in [3.8, 4) is 12.3 Å². The maximum atomic E-state index is 12.9. The maximum Gasteiger partial charge on any atom is 0.187 e. The number of carbonyl (C=O) groups excluding carboxylic acids is 1. The molecule has 0 aliphatic carbocycles. The third-order valence-electron chi connectivity index (χ3n) is 3.97. The van der Waals surface area contributed by atoms with Gasteiger partial charge in [-0.1, -0.05) is 66.6 Å². The third kappa shape index (κ3) is 3.90. The van der Waals surface area contributed by atoms with Gasteiger partial charge in [0.15, 0.2) is 5.78 Å². The molecule has 1 aliphatic rings. The van der Waals surface area contributed by atoms with Gasteiger partial charge in [-0.3, -0.25) is 9.69 Å². The van der Waals surface area contributed by atoms with Gasteiger partial charge in [-0.05, 0) is 23.3 Å². The highest BCUT2D eigenvalue weighted by Crippen LogP contribution is 2.21. The van der Waals surface area contributed by atoms with Gasteiger partial charge in [-0.25, -0.2) is 0 Å². The van der Waals surface area contributed by atoms with E-state index in [-0.39, 0.29) is 5.78 Å². The molecule has 0 unspecified atom stereocenters. The first-order chi connectivity index (χ1) is 11.8. The number of hydrogen-bond donors (Lipinski definition) is 0. The Balaban J connectivity index is 1.95. The SMILES string of the molecule is C#CCN1CC(=Cc2ccccc2)C(=O)C(=Cc2ccccc2)C1. The fourth-order valence-corrected chi connectivity index (χ4v) is 2.85. The lowest BCUT2D eigenvalue weighted by molar-refractivity contribution is -0.113. The molecule has 24 heavy (non-hydrogen) atoms. The van der Waals surface area contributed by atoms with E-state index in [1.54, 1.807) is 0 Å². The van der Waals surface area contributed by atoms with E-state index in [1.165, 1.54) is 0 Å². The lowest BCUT2D eigenvalue weighted by Gasteiger charge is -2.28. The van der Waals surface area contributed by atoms with Crippen LogP contribution in [0.3, 0.4) is 0 Å². The van der Waals surface area contributed by atoms with Gasteiger partial charge < -0.3 is 0 Å². The number of rotatable bonds is 3. The Morgan fingerprint density at radius 1 is 0.875 bits per heavy atom. The summed E-state index contributed by atoms with van der Waals surface area (Å²) in [4.78, 5) is 15.0. The molecule has 0 bridgehead atoms. The van der Waals surface area contributed by atoms with Crippen LogP contribution in [0, 0.1) is 12.3 Å². The number of likely N-dealkylation sites (tertiary alicyclic amines) is 1. The van der Waals surface area contributed by atoms with E-state index < -0.39 is 0 Å². The van der Waals surface area contributed by atoms with E-state index in [0.29, 0.717) is 19.6 Å². The van der Waals surface area contributed by atoms with E-state index >= 15 is 0 Å². The van der Waals surface area contributed by atoms with Gasteiger partial charge in [-0.2, -0.15) is 0 Å². The fraction of sp³-hybridized carbons (Fsp3) is 0.136. The smallest absolute Gasteiger partial charge is 0.187 e. The number of hydrogen-bond acceptors (Lipinski definition) is 2. The second-order valence-electron chi connectivity index (χ2n) is 5.84. The molecule has 1 heterocycles. The van der Waals surface area contributed by atoms with Crippen LogP contribution < -0.4 is 0 Å². The van der Waals surface area contributed by atoms with Gasteiger partial charge >= 0.3 is 0 Å². The summed E-state index contributed by atoms with van der Waals surface area (Å²) in [7, 11) is 0. The Hall–Kier alpha value is -2.89. The van der Waals surface area contributed by atoms with Crippen LogP contribution in [0.15, 0.2) is 71.8 Å². The summed E-state index contributed by atoms with van der Waals surface area (Å²) in [6.07, 6.45) is 9.40. The molecule has 0 aromatic heterocycles. The summed E-state index contributed by atoms with van der Waals surface area (Å²) < 4.78 is 0. The van der Waals surface area contributed by atoms with Crippen LogP contribution >= 0.6 is 0 Å². The second kappa shape index (κ2) is 7.59. The van der Waals surface area contributed by atoms with Crippen molar-refractivity contribution in [1.29, 1.82) is 0 Å². The van der Waals surface area contributed by atoms with Crippen LogP contribution in [0.4, 0.5) is 0 Å². The largest absolute Gasteiger partial charge is 0.289 e. The number of piperidine rings is 1. The molecule has 0 saturated carbocycles. The molecule has 3 rings (SSSR count). The predicted molar refractivity (Wildman–Crippen MR) is 99.1 cm³/mol. The Kier molecular flexibility index (Phi) is 5.05. The summed E-state index contributed by atoms with van der Waals surface area (Å²) in [6, 6.07) is 19.8. The molecule has 1 aliphatic heterocycles. The first kappa shape index (κ1) is 16.0. The zero-order chi connectivity index (χ0) is 16.8. The topological polar surface area (TPSA) is 20.3 Å². The van der Waals surface area contributed by atoms with Crippen LogP contribution in [0.1, 0.15) is 11.1 Å². The quantitative estimate of drug-likeness (QED) is 0.636. The standard InChI is InChI=1S/C22H19NO/c1-2-13-23-16-20(14-18-9-5-3-6-10-18)22(24)21(17-23)15-19-11-7-4-8-12-19/h1,3-12,14-15H,13,16-17H2. The predicted octanol–water partition coefficient (Wildman–Crippen LogP) is 3.67. The first-order valence-electron chi connectivity index (χ1n) is 7.98. The molecule has 1 saturated heterocycles. The van der Waals surface area contributed by atoms with E-state index in [9.17, 15) is 4.79 Å². The average Bonchev–Trinajstić information content (AvgIpc) is 2.61. The van der Waals surface area contributed by atoms with Crippen LogP contribution in [0.25, 0.3) is 12.2 Å². The number of ketones is 1. The van der Waals surface area contributed by atoms with Gasteiger partial charge in [0.05, 0.1) is 6.54 Å². The highest BCUT2D eigenvalue weighted by molar-refractivity contribution is 6.14. The van der Waals surface area contributed by atoms with Gasteiger partial charge in [0, 0.05) is 24.2 Å². The Morgan fingerprint density at radius 3 is 1.75 bits per heavy atom. The molecule has 0 radical (unpaired) electrons. The molecule has 0 N–H and O–H groups in total. The normalized spacial score (nSPS) is 18.7. The Bertz CT molecular complexity index is 749. The first-order valence-corrected chi connectivity index (χ1v) is 7.98. The molecule has 2 heteroatoms. The lowest BCUT2D eigenvalue weighted by Crippen LogP contribution is -2.37. The molecular weight excluding hydrogens is 294 g/mol. The molecule has 2 aromatic carbocycles. The van der Waals surface area contributed by atoms with E-state index in [2.05, 4.69) is 10.8 Å². The summed E-state index contributed by atoms with van der Waals surface area (Å²) in [5, 5.41) is 0. The van der Waals surface area contributed by atoms with E-state index in [0.717, 1.165) is 22.3 Å². The maximum absolute atomic E-state index is 12.9. The summed E-state index contributed by atoms with van der Waals surface area (Å²) >= 11 is 0. The van der Waals surface area contributed by atoms with Gasteiger partial charge in [-0.15, -0.1) is 6.42 Å². The summed E-state index contributed by atoms with van der Waals surface area (Å²) in [5.41, 5.74) is 3.62. The van der Waals surface area contributed by atoms with Crippen molar-refractivity contribution in [3.05, 3.63) is 82.9 Å². The van der Waals surface area contributed by atoms with Gasteiger partial charge in [0.1, 0.15) is 0 Å². The number of nitrogens with zero attached hydrogens (tertiary/aromatic N) is 1. The van der Waals surface area contributed by atoms with Crippen molar-refractivity contribution >= 4 is 17.9 Å². The highest BCUT2D eigenvalue weighted by atomic mass is 16.1. The van der Waals surface area contributed by atoms with Crippen LogP contribution in [0.5, 0.6) is 0 Å². The Labute approximate surface area is 143 Å². The van der Waals surface area contributed by atoms with Crippen molar-refractivity contribution in [3.63, 3.8) is 0 Å². The number of benzene rings is 2. The van der Waals surface area contributed by atoms with Crippen molar-refractivity contribution in [2.24, 2.45) is 0 Å². The summed E-state index contributed by atoms with van der Waals surface area (Å²) in [5.74, 6) is 2.79. The number of terminal acetylenes is 1. The van der Waals surface area contributed by atoms with E-state index in [1.807, 2.05) is 72.8 Å². The van der Waals surface area contributed by atoms with Crippen molar-refractivity contribution in [2.45, 2.75) is 0 Å². The monoisotopic (exact) mass is 313 g/mol. The molecule has 118 valence electrons. The minimum absolute atomic E-state index is 0.107. The van der Waals surface area contributed by atoms with Crippen molar-refractivity contribution in [2.75, 3.05) is 19.6 Å². The van der Waals surface area contributed by atoms with E-state index in [4.69, 9.17) is 6.42 Å². The minimum atomic E-state index is 0.107. The van der Waals surface area contributed by atoms with Crippen molar-refractivity contribution in [1.82, 2.24) is 4.90 Å². The minimum Gasteiger partial charge on any atom is -0.289 e. The Morgan fingerprint density at radius 2 is 1.33 bits per heavy atom. The second-order valence-corrected chi connectivity index (χ2v) is 5.84. The summed E-state index contributed by atoms with van der Waals surface area (Å²) in [6.45, 7) is 1.71. The third-order valence-corrected chi connectivity index (χ3v) is 3.97. The van der Waals surface area contributed by atoms with Gasteiger partial charge in [0.2, 0.25) is 0 Å². The molecule has 1 fully saturated rings. The fourth-order valence-electron chi connectivity index (χ4n) is 2.85.